The molecule has 1 unspecified atom stereocenters. The largest absolute Gasteiger partial charge is 0.573 e. The van der Waals surface area contributed by atoms with Gasteiger partial charge in [0.15, 0.2) is 0 Å². The van der Waals surface area contributed by atoms with Crippen LogP contribution in [-0.2, 0) is 6.54 Å². The van der Waals surface area contributed by atoms with E-state index in [0.29, 0.717) is 17.8 Å². The van der Waals surface area contributed by atoms with Gasteiger partial charge in [-0.05, 0) is 37.1 Å². The lowest BCUT2D eigenvalue weighted by molar-refractivity contribution is -0.274. The molecule has 0 fully saturated rings. The van der Waals surface area contributed by atoms with Crippen LogP contribution in [-0.4, -0.2) is 33.7 Å². The molecular weight excluding hydrogens is 447 g/mol. The molecular formula is C22H21ClF3N3O3. The molecule has 1 aromatic heterocycles. The van der Waals surface area contributed by atoms with Crippen LogP contribution in [0.4, 0.5) is 13.2 Å². The number of aromatic nitrogens is 2. The molecule has 1 atom stereocenters. The van der Waals surface area contributed by atoms with Gasteiger partial charge in [0.2, 0.25) is 0 Å². The first-order valence-electron chi connectivity index (χ1n) is 9.64. The fourth-order valence-electron chi connectivity index (χ4n) is 3.07. The average Bonchev–Trinajstić information content (AvgIpc) is 3.00. The van der Waals surface area contributed by atoms with Crippen molar-refractivity contribution in [3.8, 4) is 5.75 Å². The molecule has 6 nitrogen and oxygen atoms in total. The molecule has 0 saturated heterocycles. The number of nitrogens with zero attached hydrogens (tertiary/aromatic N) is 2. The number of aryl methyl sites for hydroxylation is 2. The van der Waals surface area contributed by atoms with Crippen LogP contribution in [0, 0.1) is 13.8 Å². The molecule has 0 saturated carbocycles. The Balaban J connectivity index is 1.63. The van der Waals surface area contributed by atoms with E-state index in [2.05, 4.69) is 15.2 Å². The number of alkyl halides is 3. The number of amides is 1. The lowest BCUT2D eigenvalue weighted by atomic mass is 10.1. The predicted molar refractivity (Wildman–Crippen MR) is 113 cm³/mol. The fraction of sp³-hybridized carbons (Fsp3) is 0.273. The lowest BCUT2D eigenvalue weighted by Crippen LogP contribution is -2.29. The van der Waals surface area contributed by atoms with Crippen LogP contribution in [0.1, 0.15) is 38.8 Å². The molecule has 170 valence electrons. The zero-order valence-electron chi connectivity index (χ0n) is 17.3. The van der Waals surface area contributed by atoms with Crippen LogP contribution in [0.2, 0.25) is 5.15 Å². The number of aliphatic hydroxyl groups excluding tert-OH is 1. The van der Waals surface area contributed by atoms with Gasteiger partial charge < -0.3 is 15.2 Å². The number of hydrogen-bond acceptors (Lipinski definition) is 4. The van der Waals surface area contributed by atoms with Crippen molar-refractivity contribution < 1.29 is 27.8 Å². The number of benzene rings is 2. The Morgan fingerprint density at radius 2 is 1.78 bits per heavy atom. The third-order valence-corrected chi connectivity index (χ3v) is 5.08. The van der Waals surface area contributed by atoms with Crippen molar-refractivity contribution in [1.29, 1.82) is 0 Å². The Labute approximate surface area is 187 Å². The summed E-state index contributed by atoms with van der Waals surface area (Å²) in [5, 5.41) is 17.3. The summed E-state index contributed by atoms with van der Waals surface area (Å²) in [6.07, 6.45) is -5.93. The molecule has 3 rings (SSSR count). The van der Waals surface area contributed by atoms with Gasteiger partial charge in [0.1, 0.15) is 10.9 Å². The van der Waals surface area contributed by atoms with Crippen molar-refractivity contribution in [2.75, 3.05) is 6.54 Å². The highest BCUT2D eigenvalue weighted by molar-refractivity contribution is 6.33. The molecule has 2 aromatic carbocycles. The van der Waals surface area contributed by atoms with Crippen molar-refractivity contribution in [3.63, 3.8) is 0 Å². The minimum Gasteiger partial charge on any atom is -0.406 e. The van der Waals surface area contributed by atoms with Crippen LogP contribution in [0.15, 0.2) is 48.5 Å². The van der Waals surface area contributed by atoms with Crippen LogP contribution in [0.25, 0.3) is 0 Å². The molecule has 1 heterocycles. The second kappa shape index (κ2) is 9.62. The quantitative estimate of drug-likeness (QED) is 0.534. The number of halogens is 4. The SMILES string of the molecule is Cc1ccc(Cn2nc(C)c(C(=O)NCC(O)c3ccc(OC(F)(F)F)cc3)c2Cl)cc1. The van der Waals surface area contributed by atoms with Crippen molar-refractivity contribution in [2.24, 2.45) is 0 Å². The maximum Gasteiger partial charge on any atom is 0.573 e. The Kier molecular flexibility index (Phi) is 7.10. The van der Waals surface area contributed by atoms with E-state index >= 15 is 0 Å². The van der Waals surface area contributed by atoms with E-state index in [1.807, 2.05) is 31.2 Å². The smallest absolute Gasteiger partial charge is 0.406 e. The van der Waals surface area contributed by atoms with Crippen LogP contribution < -0.4 is 10.1 Å². The Morgan fingerprint density at radius 3 is 2.38 bits per heavy atom. The molecule has 0 aliphatic heterocycles. The Morgan fingerprint density at radius 1 is 1.16 bits per heavy atom. The molecule has 32 heavy (non-hydrogen) atoms. The van der Waals surface area contributed by atoms with Gasteiger partial charge in [0, 0.05) is 6.54 Å². The summed E-state index contributed by atoms with van der Waals surface area (Å²) in [6.45, 7) is 3.86. The molecule has 10 heteroatoms. The highest BCUT2D eigenvalue weighted by Gasteiger charge is 2.31. The number of carbonyl (C=O) groups is 1. The zero-order chi connectivity index (χ0) is 23.5. The van der Waals surface area contributed by atoms with Crippen molar-refractivity contribution in [1.82, 2.24) is 15.1 Å². The minimum absolute atomic E-state index is 0.169. The van der Waals surface area contributed by atoms with Crippen LogP contribution in [0.3, 0.4) is 0 Å². The minimum atomic E-state index is -4.80. The van der Waals surface area contributed by atoms with E-state index in [-0.39, 0.29) is 17.3 Å². The van der Waals surface area contributed by atoms with Crippen molar-refractivity contribution in [2.45, 2.75) is 32.9 Å². The monoisotopic (exact) mass is 467 g/mol. The third kappa shape index (κ3) is 6.02. The first-order chi connectivity index (χ1) is 15.0. The molecule has 1 amide bonds. The number of carbonyl (C=O) groups excluding carboxylic acids is 1. The van der Waals surface area contributed by atoms with Gasteiger partial charge in [-0.2, -0.15) is 5.10 Å². The molecule has 0 aliphatic rings. The van der Waals surface area contributed by atoms with Gasteiger partial charge in [-0.1, -0.05) is 53.6 Å². The summed E-state index contributed by atoms with van der Waals surface area (Å²) in [7, 11) is 0. The molecule has 2 N–H and O–H groups in total. The number of aliphatic hydroxyl groups is 1. The molecule has 0 spiro atoms. The first-order valence-corrected chi connectivity index (χ1v) is 10.0. The lowest BCUT2D eigenvalue weighted by Gasteiger charge is -2.14. The van der Waals surface area contributed by atoms with E-state index in [1.54, 1.807) is 6.92 Å². The molecule has 0 aliphatic carbocycles. The highest BCUT2D eigenvalue weighted by atomic mass is 35.5. The number of rotatable bonds is 7. The molecule has 3 aromatic rings. The van der Waals surface area contributed by atoms with Gasteiger partial charge in [-0.25, -0.2) is 4.68 Å². The average molecular weight is 468 g/mol. The van der Waals surface area contributed by atoms with Gasteiger partial charge in [-0.15, -0.1) is 13.2 Å². The summed E-state index contributed by atoms with van der Waals surface area (Å²) >= 11 is 6.38. The van der Waals surface area contributed by atoms with E-state index in [1.165, 1.54) is 16.8 Å². The van der Waals surface area contributed by atoms with Gasteiger partial charge in [0.25, 0.3) is 5.91 Å². The maximum atomic E-state index is 12.6. The van der Waals surface area contributed by atoms with Crippen molar-refractivity contribution >= 4 is 17.5 Å². The van der Waals surface area contributed by atoms with E-state index in [4.69, 9.17) is 11.6 Å². The van der Waals surface area contributed by atoms with Gasteiger partial charge in [0.05, 0.1) is 23.9 Å². The Hall–Kier alpha value is -3.04. The zero-order valence-corrected chi connectivity index (χ0v) is 18.0. The summed E-state index contributed by atoms with van der Waals surface area (Å²) in [5.74, 6) is -0.917. The second-order valence-electron chi connectivity index (χ2n) is 7.24. The molecule has 0 bridgehead atoms. The predicted octanol–water partition coefficient (Wildman–Crippen LogP) is 4.56. The summed E-state index contributed by atoms with van der Waals surface area (Å²) in [5.41, 5.74) is 3.04. The van der Waals surface area contributed by atoms with E-state index in [9.17, 15) is 23.1 Å². The standard InChI is InChI=1S/C22H21ClF3N3O3/c1-13-3-5-15(6-4-13)12-29-20(23)19(14(2)28-29)21(31)27-11-18(30)16-7-9-17(10-8-16)32-22(24,25)26/h3-10,18,30H,11-12H2,1-2H3,(H,27,31). The van der Waals surface area contributed by atoms with Crippen LogP contribution in [0.5, 0.6) is 5.75 Å². The van der Waals surface area contributed by atoms with Gasteiger partial charge >= 0.3 is 6.36 Å². The third-order valence-electron chi connectivity index (χ3n) is 4.70. The number of ether oxygens (including phenoxy) is 1. The van der Waals surface area contributed by atoms with Crippen molar-refractivity contribution in [3.05, 3.63) is 81.6 Å². The fourth-order valence-corrected chi connectivity index (χ4v) is 3.39. The topological polar surface area (TPSA) is 76.4 Å². The number of nitrogens with one attached hydrogen (secondary N) is 1. The summed E-state index contributed by atoms with van der Waals surface area (Å²) in [6, 6.07) is 12.6. The summed E-state index contributed by atoms with van der Waals surface area (Å²) in [4.78, 5) is 12.6. The first kappa shape index (κ1) is 23.6. The van der Waals surface area contributed by atoms with Gasteiger partial charge in [-0.3, -0.25) is 4.79 Å². The summed E-state index contributed by atoms with van der Waals surface area (Å²) < 4.78 is 42.0. The number of hydrogen-bond donors (Lipinski definition) is 2. The maximum absolute atomic E-state index is 12.6. The van der Waals surface area contributed by atoms with Crippen LogP contribution >= 0.6 is 11.6 Å². The normalized spacial score (nSPS) is 12.5. The molecule has 0 radical (unpaired) electrons. The Bertz CT molecular complexity index is 1080. The highest BCUT2D eigenvalue weighted by Crippen LogP contribution is 2.25. The van der Waals surface area contributed by atoms with E-state index in [0.717, 1.165) is 23.3 Å². The second-order valence-corrected chi connectivity index (χ2v) is 7.60. The van der Waals surface area contributed by atoms with E-state index < -0.39 is 24.1 Å².